The first-order valence-electron chi connectivity index (χ1n) is 7.31. The number of rotatable bonds is 4. The van der Waals surface area contributed by atoms with Crippen molar-refractivity contribution in [2.24, 2.45) is 0 Å². The number of aromatic nitrogens is 1. The minimum absolute atomic E-state index is 0.00205. The molecule has 0 aliphatic rings. The van der Waals surface area contributed by atoms with E-state index in [1.807, 2.05) is 0 Å². The van der Waals surface area contributed by atoms with Crippen molar-refractivity contribution in [3.05, 3.63) is 59.0 Å². The van der Waals surface area contributed by atoms with Crippen LogP contribution in [0, 0.1) is 5.82 Å². The Morgan fingerprint density at radius 2 is 2.00 bits per heavy atom. The first-order chi connectivity index (χ1) is 12.0. The molecule has 128 valence electrons. The van der Waals surface area contributed by atoms with E-state index in [0.717, 1.165) is 0 Å². The van der Waals surface area contributed by atoms with Crippen LogP contribution in [0.4, 0.5) is 15.8 Å². The average molecular weight is 361 g/mol. The van der Waals surface area contributed by atoms with E-state index in [2.05, 4.69) is 10.3 Å². The summed E-state index contributed by atoms with van der Waals surface area (Å²) in [6, 6.07) is 11.2. The van der Waals surface area contributed by atoms with E-state index in [0.29, 0.717) is 27.5 Å². The maximum absolute atomic E-state index is 14.1. The van der Waals surface area contributed by atoms with Crippen LogP contribution in [0.2, 0.25) is 5.02 Å². The van der Waals surface area contributed by atoms with Gasteiger partial charge in [0, 0.05) is 11.1 Å². The van der Waals surface area contributed by atoms with Gasteiger partial charge in [-0.05, 0) is 30.3 Å². The summed E-state index contributed by atoms with van der Waals surface area (Å²) in [7, 11) is 2.77. The number of nitrogens with one attached hydrogen (secondary N) is 1. The summed E-state index contributed by atoms with van der Waals surface area (Å²) < 4.78 is 23.9. The van der Waals surface area contributed by atoms with Crippen molar-refractivity contribution in [1.82, 2.24) is 4.98 Å². The van der Waals surface area contributed by atoms with E-state index in [1.54, 1.807) is 30.3 Å². The highest BCUT2D eigenvalue weighted by Gasteiger charge is 2.15. The molecule has 0 unspecified atom stereocenters. The molecule has 0 saturated heterocycles. The van der Waals surface area contributed by atoms with Crippen LogP contribution < -0.4 is 10.1 Å². The lowest BCUT2D eigenvalue weighted by Gasteiger charge is -2.13. The molecule has 0 saturated carbocycles. The van der Waals surface area contributed by atoms with Gasteiger partial charge in [-0.25, -0.2) is 14.2 Å². The number of carbonyl (C=O) groups excluding carboxylic acids is 1. The number of esters is 1. The molecule has 0 radical (unpaired) electrons. The van der Waals surface area contributed by atoms with Crippen molar-refractivity contribution in [1.29, 1.82) is 0 Å². The van der Waals surface area contributed by atoms with Gasteiger partial charge in [0.2, 0.25) is 0 Å². The molecular formula is C18H14ClFN2O3. The van der Waals surface area contributed by atoms with Gasteiger partial charge in [-0.15, -0.1) is 0 Å². The SMILES string of the molecule is COC(=O)c1cc(Nc2ccc(OC)c(Cl)c2)c2cccc(F)c2n1. The topological polar surface area (TPSA) is 60.5 Å². The van der Waals surface area contributed by atoms with Crippen LogP contribution in [0.5, 0.6) is 5.75 Å². The van der Waals surface area contributed by atoms with Crippen LogP contribution >= 0.6 is 11.6 Å². The molecule has 3 rings (SSSR count). The summed E-state index contributed by atoms with van der Waals surface area (Å²) in [6.45, 7) is 0. The van der Waals surface area contributed by atoms with E-state index in [4.69, 9.17) is 21.1 Å². The van der Waals surface area contributed by atoms with Crippen LogP contribution in [0.15, 0.2) is 42.5 Å². The number of anilines is 2. The van der Waals surface area contributed by atoms with Gasteiger partial charge in [0.15, 0.2) is 5.69 Å². The molecular weight excluding hydrogens is 347 g/mol. The molecule has 25 heavy (non-hydrogen) atoms. The Hall–Kier alpha value is -2.86. The number of pyridine rings is 1. The summed E-state index contributed by atoms with van der Waals surface area (Å²) in [5, 5.41) is 4.08. The maximum atomic E-state index is 14.1. The molecule has 0 amide bonds. The number of benzene rings is 2. The largest absolute Gasteiger partial charge is 0.495 e. The van der Waals surface area contributed by atoms with Crippen molar-refractivity contribution < 1.29 is 18.7 Å². The zero-order valence-corrected chi connectivity index (χ0v) is 14.2. The summed E-state index contributed by atoms with van der Waals surface area (Å²) in [5.41, 5.74) is 1.24. The third-order valence-corrected chi connectivity index (χ3v) is 3.91. The van der Waals surface area contributed by atoms with Gasteiger partial charge in [-0.2, -0.15) is 0 Å². The monoisotopic (exact) mass is 360 g/mol. The Morgan fingerprint density at radius 3 is 2.68 bits per heavy atom. The third kappa shape index (κ3) is 3.34. The molecule has 3 aromatic rings. The van der Waals surface area contributed by atoms with E-state index in [-0.39, 0.29) is 11.2 Å². The molecule has 1 aromatic heterocycles. The number of methoxy groups -OCH3 is 2. The van der Waals surface area contributed by atoms with Crippen LogP contribution in [0.1, 0.15) is 10.5 Å². The predicted octanol–water partition coefficient (Wildman–Crippen LogP) is 4.57. The Bertz CT molecular complexity index is 962. The molecule has 1 heterocycles. The molecule has 0 bridgehead atoms. The second-order valence-corrected chi connectivity index (χ2v) is 5.56. The first-order valence-corrected chi connectivity index (χ1v) is 7.69. The lowest BCUT2D eigenvalue weighted by Crippen LogP contribution is -2.06. The van der Waals surface area contributed by atoms with Gasteiger partial charge >= 0.3 is 5.97 Å². The minimum atomic E-state index is -0.652. The van der Waals surface area contributed by atoms with Crippen molar-refractivity contribution in [2.75, 3.05) is 19.5 Å². The van der Waals surface area contributed by atoms with Crippen molar-refractivity contribution in [3.63, 3.8) is 0 Å². The lowest BCUT2D eigenvalue weighted by molar-refractivity contribution is 0.0594. The molecule has 7 heteroatoms. The standard InChI is InChI=1S/C18H14ClFN2O3/c1-24-16-7-6-10(8-12(16)19)21-14-9-15(18(23)25-2)22-17-11(14)4-3-5-13(17)20/h3-9H,1-2H3,(H,21,22). The third-order valence-electron chi connectivity index (χ3n) is 3.62. The van der Waals surface area contributed by atoms with Gasteiger partial charge in [-0.1, -0.05) is 23.7 Å². The van der Waals surface area contributed by atoms with Gasteiger partial charge in [0.1, 0.15) is 17.1 Å². The smallest absolute Gasteiger partial charge is 0.356 e. The molecule has 1 N–H and O–H groups in total. The summed E-state index contributed by atoms with van der Waals surface area (Å²) in [5.74, 6) is -0.645. The highest BCUT2D eigenvalue weighted by atomic mass is 35.5. The minimum Gasteiger partial charge on any atom is -0.495 e. The molecule has 2 aromatic carbocycles. The van der Waals surface area contributed by atoms with E-state index in [1.165, 1.54) is 26.4 Å². The Kier molecular flexibility index (Phi) is 4.72. The number of hydrogen-bond acceptors (Lipinski definition) is 5. The number of para-hydroxylation sites is 1. The molecule has 0 atom stereocenters. The Morgan fingerprint density at radius 1 is 1.20 bits per heavy atom. The van der Waals surface area contributed by atoms with Gasteiger partial charge in [-0.3, -0.25) is 0 Å². The van der Waals surface area contributed by atoms with Crippen molar-refractivity contribution in [2.45, 2.75) is 0 Å². The van der Waals surface area contributed by atoms with E-state index in [9.17, 15) is 9.18 Å². The van der Waals surface area contributed by atoms with Crippen LogP contribution in [-0.2, 0) is 4.74 Å². The molecule has 0 aliphatic carbocycles. The average Bonchev–Trinajstić information content (AvgIpc) is 2.62. The summed E-state index contributed by atoms with van der Waals surface area (Å²) in [4.78, 5) is 15.9. The van der Waals surface area contributed by atoms with Crippen LogP contribution in [0.25, 0.3) is 10.9 Å². The van der Waals surface area contributed by atoms with Crippen molar-refractivity contribution in [3.8, 4) is 5.75 Å². The Labute approximate surface area is 148 Å². The predicted molar refractivity (Wildman–Crippen MR) is 94.3 cm³/mol. The number of fused-ring (bicyclic) bond motifs is 1. The number of nitrogens with zero attached hydrogens (tertiary/aromatic N) is 1. The molecule has 0 fully saturated rings. The Balaban J connectivity index is 2.12. The zero-order valence-electron chi connectivity index (χ0n) is 13.5. The number of ether oxygens (including phenoxy) is 2. The second-order valence-electron chi connectivity index (χ2n) is 5.16. The van der Waals surface area contributed by atoms with E-state index < -0.39 is 11.8 Å². The molecule has 5 nitrogen and oxygen atoms in total. The van der Waals surface area contributed by atoms with Gasteiger partial charge < -0.3 is 14.8 Å². The van der Waals surface area contributed by atoms with E-state index >= 15 is 0 Å². The highest BCUT2D eigenvalue weighted by Crippen LogP contribution is 2.32. The van der Waals surface area contributed by atoms with Crippen LogP contribution in [-0.4, -0.2) is 25.2 Å². The fraction of sp³-hybridized carbons (Fsp3) is 0.111. The lowest BCUT2D eigenvalue weighted by atomic mass is 10.1. The first kappa shape index (κ1) is 17.0. The summed E-state index contributed by atoms with van der Waals surface area (Å²) >= 11 is 6.13. The van der Waals surface area contributed by atoms with Gasteiger partial charge in [0.05, 0.1) is 24.9 Å². The normalized spacial score (nSPS) is 10.6. The number of halogens is 2. The van der Waals surface area contributed by atoms with Crippen molar-refractivity contribution >= 4 is 39.8 Å². The number of hydrogen-bond donors (Lipinski definition) is 1. The fourth-order valence-electron chi connectivity index (χ4n) is 2.43. The second kappa shape index (κ2) is 6.94. The molecule has 0 aliphatic heterocycles. The number of carbonyl (C=O) groups is 1. The highest BCUT2D eigenvalue weighted by molar-refractivity contribution is 6.32. The molecule has 0 spiro atoms. The van der Waals surface area contributed by atoms with Gasteiger partial charge in [0.25, 0.3) is 0 Å². The summed E-state index contributed by atoms with van der Waals surface area (Å²) in [6.07, 6.45) is 0. The quantitative estimate of drug-likeness (QED) is 0.691. The van der Waals surface area contributed by atoms with Crippen LogP contribution in [0.3, 0.4) is 0 Å². The fourth-order valence-corrected chi connectivity index (χ4v) is 2.68. The zero-order chi connectivity index (χ0) is 18.0. The maximum Gasteiger partial charge on any atom is 0.356 e.